The predicted molar refractivity (Wildman–Crippen MR) is 52.8 cm³/mol. The highest BCUT2D eigenvalue weighted by atomic mass is 16.5. The molecule has 0 aromatic carbocycles. The Morgan fingerprint density at radius 1 is 1.20 bits per heavy atom. The van der Waals surface area contributed by atoms with E-state index >= 15 is 0 Å². The van der Waals surface area contributed by atoms with Gasteiger partial charge in [-0.05, 0) is 13.8 Å². The van der Waals surface area contributed by atoms with Crippen molar-refractivity contribution in [2.75, 3.05) is 20.2 Å². The van der Waals surface area contributed by atoms with Gasteiger partial charge in [-0.2, -0.15) is 0 Å². The van der Waals surface area contributed by atoms with Crippen LogP contribution in [0.3, 0.4) is 0 Å². The van der Waals surface area contributed by atoms with E-state index in [0.717, 1.165) is 0 Å². The van der Waals surface area contributed by atoms with E-state index in [2.05, 4.69) is 0 Å². The van der Waals surface area contributed by atoms with Crippen LogP contribution >= 0.6 is 0 Å². The van der Waals surface area contributed by atoms with E-state index in [4.69, 9.17) is 14.9 Å². The lowest BCUT2D eigenvalue weighted by Gasteiger charge is -2.29. The van der Waals surface area contributed by atoms with Gasteiger partial charge in [-0.1, -0.05) is 0 Å². The first-order chi connectivity index (χ1) is 6.88. The maximum Gasteiger partial charge on any atom is 0.317 e. The van der Waals surface area contributed by atoms with Crippen molar-refractivity contribution in [1.82, 2.24) is 4.90 Å². The van der Waals surface area contributed by atoms with Gasteiger partial charge in [0.1, 0.15) is 0 Å². The minimum absolute atomic E-state index is 0.219. The lowest BCUT2D eigenvalue weighted by Crippen LogP contribution is -2.46. The Kier molecular flexibility index (Phi) is 5.88. The van der Waals surface area contributed by atoms with Gasteiger partial charge >= 0.3 is 11.9 Å². The molecule has 2 N–H and O–H groups in total. The van der Waals surface area contributed by atoms with E-state index in [1.165, 1.54) is 12.0 Å². The van der Waals surface area contributed by atoms with E-state index in [-0.39, 0.29) is 25.2 Å². The Balaban J connectivity index is 4.45. The second-order valence-electron chi connectivity index (χ2n) is 3.37. The van der Waals surface area contributed by atoms with Crippen LogP contribution in [-0.2, 0) is 14.3 Å². The highest BCUT2D eigenvalue weighted by molar-refractivity contribution is 5.72. The SMILES string of the molecule is COC(C)C(C)N(CC(=O)O)CC(=O)O. The highest BCUT2D eigenvalue weighted by Crippen LogP contribution is 2.06. The van der Waals surface area contributed by atoms with Gasteiger partial charge in [0, 0.05) is 13.2 Å². The molecule has 15 heavy (non-hydrogen) atoms. The van der Waals surface area contributed by atoms with Crippen molar-refractivity contribution in [2.24, 2.45) is 0 Å². The number of nitrogens with zero attached hydrogens (tertiary/aromatic N) is 1. The number of carboxylic acids is 2. The summed E-state index contributed by atoms with van der Waals surface area (Å²) in [5.74, 6) is -2.10. The van der Waals surface area contributed by atoms with Gasteiger partial charge in [0.25, 0.3) is 0 Å². The van der Waals surface area contributed by atoms with Crippen molar-refractivity contribution in [2.45, 2.75) is 26.0 Å². The zero-order valence-electron chi connectivity index (χ0n) is 9.14. The number of hydrogen-bond donors (Lipinski definition) is 2. The first kappa shape index (κ1) is 13.9. The molecular weight excluding hydrogens is 202 g/mol. The molecule has 0 aliphatic carbocycles. The van der Waals surface area contributed by atoms with Gasteiger partial charge in [0.05, 0.1) is 19.2 Å². The van der Waals surface area contributed by atoms with Crippen LogP contribution in [0.25, 0.3) is 0 Å². The predicted octanol–water partition coefficient (Wildman–Crippen LogP) is -0.119. The summed E-state index contributed by atoms with van der Waals surface area (Å²) >= 11 is 0. The zero-order valence-corrected chi connectivity index (χ0v) is 9.14. The molecule has 0 heterocycles. The molecule has 0 aromatic rings. The lowest BCUT2D eigenvalue weighted by molar-refractivity contribution is -0.143. The van der Waals surface area contributed by atoms with Crippen molar-refractivity contribution in [3.05, 3.63) is 0 Å². The third kappa shape index (κ3) is 5.34. The molecule has 6 nitrogen and oxygen atoms in total. The molecule has 0 aromatic heterocycles. The number of carboxylic acid groups (broad SMARTS) is 2. The molecule has 0 rings (SSSR count). The molecule has 2 atom stereocenters. The van der Waals surface area contributed by atoms with Gasteiger partial charge in [-0.3, -0.25) is 14.5 Å². The van der Waals surface area contributed by atoms with Gasteiger partial charge in [0.2, 0.25) is 0 Å². The van der Waals surface area contributed by atoms with Crippen LogP contribution in [0.4, 0.5) is 0 Å². The molecule has 0 bridgehead atoms. The van der Waals surface area contributed by atoms with Crippen molar-refractivity contribution in [1.29, 1.82) is 0 Å². The Hall–Kier alpha value is -1.14. The van der Waals surface area contributed by atoms with Crippen molar-refractivity contribution in [3.63, 3.8) is 0 Å². The van der Waals surface area contributed by atoms with Crippen molar-refractivity contribution in [3.8, 4) is 0 Å². The fourth-order valence-corrected chi connectivity index (χ4v) is 1.19. The molecule has 0 amide bonds. The summed E-state index contributed by atoms with van der Waals surface area (Å²) in [5, 5.41) is 17.2. The summed E-state index contributed by atoms with van der Waals surface area (Å²) in [7, 11) is 1.50. The van der Waals surface area contributed by atoms with Crippen LogP contribution in [0, 0.1) is 0 Å². The summed E-state index contributed by atoms with van der Waals surface area (Å²) in [5.41, 5.74) is 0. The van der Waals surface area contributed by atoms with Crippen LogP contribution in [0.1, 0.15) is 13.8 Å². The molecule has 0 radical (unpaired) electrons. The monoisotopic (exact) mass is 219 g/mol. The van der Waals surface area contributed by atoms with Gasteiger partial charge in [-0.25, -0.2) is 0 Å². The summed E-state index contributed by atoms with van der Waals surface area (Å²) in [4.78, 5) is 22.4. The molecule has 0 aliphatic heterocycles. The normalized spacial score (nSPS) is 14.9. The summed E-state index contributed by atoms with van der Waals surface area (Å²) in [6, 6.07) is -0.262. The molecular formula is C9H17NO5. The van der Waals surface area contributed by atoms with Crippen LogP contribution < -0.4 is 0 Å². The van der Waals surface area contributed by atoms with Gasteiger partial charge < -0.3 is 14.9 Å². The Bertz CT molecular complexity index is 215. The van der Waals surface area contributed by atoms with E-state index in [1.54, 1.807) is 13.8 Å². The number of aliphatic carboxylic acids is 2. The summed E-state index contributed by atoms with van der Waals surface area (Å²) in [6.07, 6.45) is -0.219. The molecule has 0 saturated carbocycles. The number of carbonyl (C=O) groups is 2. The molecule has 2 unspecified atom stereocenters. The maximum atomic E-state index is 10.5. The lowest BCUT2D eigenvalue weighted by atomic mass is 10.1. The largest absolute Gasteiger partial charge is 0.480 e. The average molecular weight is 219 g/mol. The number of hydrogen-bond acceptors (Lipinski definition) is 4. The minimum Gasteiger partial charge on any atom is -0.480 e. The van der Waals surface area contributed by atoms with E-state index < -0.39 is 11.9 Å². The standard InChI is InChI=1S/C9H17NO5/c1-6(7(2)15-3)10(4-8(11)12)5-9(13)14/h6-7H,4-5H2,1-3H3,(H,11,12)(H,13,14). The maximum absolute atomic E-state index is 10.5. The Labute approximate surface area is 88.4 Å². The van der Waals surface area contributed by atoms with Crippen molar-refractivity contribution >= 4 is 11.9 Å². The van der Waals surface area contributed by atoms with Crippen LogP contribution in [0.2, 0.25) is 0 Å². The molecule has 0 aliphatic rings. The second kappa shape index (κ2) is 6.36. The molecule has 88 valence electrons. The number of rotatable bonds is 7. The summed E-state index contributed by atoms with van der Waals surface area (Å²) in [6.45, 7) is 2.89. The Morgan fingerprint density at radius 3 is 1.87 bits per heavy atom. The zero-order chi connectivity index (χ0) is 12.0. The van der Waals surface area contributed by atoms with Crippen molar-refractivity contribution < 1.29 is 24.5 Å². The third-order valence-electron chi connectivity index (χ3n) is 2.30. The smallest absolute Gasteiger partial charge is 0.317 e. The second-order valence-corrected chi connectivity index (χ2v) is 3.37. The Morgan fingerprint density at radius 2 is 1.60 bits per heavy atom. The van der Waals surface area contributed by atoms with E-state index in [0.29, 0.717) is 0 Å². The molecule has 6 heteroatoms. The first-order valence-electron chi connectivity index (χ1n) is 4.59. The summed E-state index contributed by atoms with van der Waals surface area (Å²) < 4.78 is 5.03. The fourth-order valence-electron chi connectivity index (χ4n) is 1.19. The van der Waals surface area contributed by atoms with Crippen LogP contribution in [0.5, 0.6) is 0 Å². The fraction of sp³-hybridized carbons (Fsp3) is 0.778. The first-order valence-corrected chi connectivity index (χ1v) is 4.59. The highest BCUT2D eigenvalue weighted by Gasteiger charge is 2.23. The molecule has 0 spiro atoms. The number of methoxy groups -OCH3 is 1. The van der Waals surface area contributed by atoms with Crippen LogP contribution in [0.15, 0.2) is 0 Å². The van der Waals surface area contributed by atoms with E-state index in [9.17, 15) is 9.59 Å². The topological polar surface area (TPSA) is 87.1 Å². The average Bonchev–Trinajstić information content (AvgIpc) is 2.13. The minimum atomic E-state index is -1.05. The molecule has 0 fully saturated rings. The third-order valence-corrected chi connectivity index (χ3v) is 2.30. The van der Waals surface area contributed by atoms with Gasteiger partial charge in [-0.15, -0.1) is 0 Å². The van der Waals surface area contributed by atoms with Crippen LogP contribution in [-0.4, -0.2) is 59.4 Å². The van der Waals surface area contributed by atoms with E-state index in [1.807, 2.05) is 0 Å². The molecule has 0 saturated heterocycles. The quantitative estimate of drug-likeness (QED) is 0.620. The number of ether oxygens (including phenoxy) is 1. The van der Waals surface area contributed by atoms with Gasteiger partial charge in [0.15, 0.2) is 0 Å².